The van der Waals surface area contributed by atoms with Gasteiger partial charge in [-0.15, -0.1) is 11.3 Å². The van der Waals surface area contributed by atoms with Crippen molar-refractivity contribution in [3.05, 3.63) is 88.6 Å². The third kappa shape index (κ3) is 4.07. The number of amides is 2. The Morgan fingerprint density at radius 2 is 1.91 bits per heavy atom. The minimum atomic E-state index is -0.378. The maximum atomic E-state index is 14.7. The van der Waals surface area contributed by atoms with Crippen LogP contribution in [0.1, 0.15) is 27.7 Å². The maximum Gasteiger partial charge on any atom is 0.266 e. The normalized spacial score (nSPS) is 12.6. The first-order valence-electron chi connectivity index (χ1n) is 10.6. The number of fused-ring (bicyclic) bond motifs is 2. The summed E-state index contributed by atoms with van der Waals surface area (Å²) in [6.45, 7) is 2.26. The van der Waals surface area contributed by atoms with Crippen LogP contribution in [0.3, 0.4) is 0 Å². The third-order valence-electron chi connectivity index (χ3n) is 5.71. The lowest BCUT2D eigenvalue weighted by Crippen LogP contribution is -2.25. The van der Waals surface area contributed by atoms with Crippen LogP contribution < -0.4 is 15.0 Å². The molecule has 0 saturated heterocycles. The van der Waals surface area contributed by atoms with E-state index < -0.39 is 0 Å². The van der Waals surface area contributed by atoms with E-state index in [1.54, 1.807) is 30.0 Å². The number of benzene rings is 3. The molecular weight excluding hydrogens is 439 g/mol. The first-order valence-corrected chi connectivity index (χ1v) is 11.4. The lowest BCUT2D eigenvalue weighted by Gasteiger charge is -2.15. The Morgan fingerprint density at radius 1 is 1.09 bits per heavy atom. The van der Waals surface area contributed by atoms with Gasteiger partial charge in [-0.3, -0.25) is 9.59 Å². The summed E-state index contributed by atoms with van der Waals surface area (Å²) in [5.74, 6) is -0.0472. The number of anilines is 2. The summed E-state index contributed by atoms with van der Waals surface area (Å²) >= 11 is 1.25. The van der Waals surface area contributed by atoms with E-state index in [1.165, 1.54) is 17.4 Å². The molecule has 5 rings (SSSR count). The van der Waals surface area contributed by atoms with Crippen LogP contribution in [-0.2, 0) is 17.8 Å². The third-order valence-corrected chi connectivity index (χ3v) is 6.90. The lowest BCUT2D eigenvalue weighted by atomic mass is 10.1. The molecule has 0 fully saturated rings. The molecule has 33 heavy (non-hydrogen) atoms. The number of halogens is 1. The van der Waals surface area contributed by atoms with Crippen LogP contribution in [0.2, 0.25) is 0 Å². The van der Waals surface area contributed by atoms with Crippen molar-refractivity contribution in [2.24, 2.45) is 0 Å². The Bertz CT molecular complexity index is 1370. The molecule has 0 spiro atoms. The number of carbonyl (C=O) groups is 2. The predicted molar refractivity (Wildman–Crippen MR) is 129 cm³/mol. The van der Waals surface area contributed by atoms with Crippen LogP contribution in [0.4, 0.5) is 15.8 Å². The molecule has 7 heteroatoms. The van der Waals surface area contributed by atoms with Gasteiger partial charge in [-0.05, 0) is 54.4 Å². The number of hydrogen-bond donors (Lipinski definition) is 1. The van der Waals surface area contributed by atoms with E-state index in [0.717, 1.165) is 17.7 Å². The van der Waals surface area contributed by atoms with Crippen LogP contribution in [-0.4, -0.2) is 18.4 Å². The van der Waals surface area contributed by atoms with Crippen molar-refractivity contribution < 1.29 is 18.7 Å². The maximum absolute atomic E-state index is 14.7. The van der Waals surface area contributed by atoms with Crippen molar-refractivity contribution >= 4 is 44.6 Å². The average Bonchev–Trinajstić information content (AvgIpc) is 3.40. The molecular formula is C26H21FN2O3S. The molecule has 1 N–H and O–H groups in total. The van der Waals surface area contributed by atoms with Crippen LogP contribution in [0.25, 0.3) is 10.1 Å². The highest BCUT2D eigenvalue weighted by atomic mass is 32.1. The van der Waals surface area contributed by atoms with E-state index in [4.69, 9.17) is 4.74 Å². The summed E-state index contributed by atoms with van der Waals surface area (Å²) in [6.07, 6.45) is 0.739. The fourth-order valence-electron chi connectivity index (χ4n) is 4.16. The van der Waals surface area contributed by atoms with Gasteiger partial charge in [-0.2, -0.15) is 0 Å². The van der Waals surface area contributed by atoms with Crippen molar-refractivity contribution in [1.29, 1.82) is 0 Å². The predicted octanol–water partition coefficient (Wildman–Crippen LogP) is 5.78. The van der Waals surface area contributed by atoms with Crippen LogP contribution in [0, 0.1) is 5.82 Å². The number of rotatable bonds is 5. The zero-order valence-corrected chi connectivity index (χ0v) is 18.7. The number of nitrogens with zero attached hydrogens (tertiary/aromatic N) is 1. The number of hydrogen-bond acceptors (Lipinski definition) is 4. The van der Waals surface area contributed by atoms with Crippen molar-refractivity contribution in [3.8, 4) is 5.75 Å². The minimum absolute atomic E-state index is 0.000829. The molecule has 0 unspecified atom stereocenters. The fourth-order valence-corrected chi connectivity index (χ4v) is 5.27. The van der Waals surface area contributed by atoms with Gasteiger partial charge >= 0.3 is 0 Å². The molecule has 0 saturated carbocycles. The fraction of sp³-hybridized carbons (Fsp3) is 0.154. The number of para-hydroxylation sites is 1. The molecule has 1 aromatic heterocycles. The molecule has 2 heterocycles. The second-order valence-corrected chi connectivity index (χ2v) is 8.89. The van der Waals surface area contributed by atoms with Crippen molar-refractivity contribution in [1.82, 2.24) is 0 Å². The molecule has 4 aromatic rings. The molecule has 3 aromatic carbocycles. The largest absolute Gasteiger partial charge is 0.489 e. The zero-order chi connectivity index (χ0) is 22.9. The van der Waals surface area contributed by atoms with E-state index in [-0.39, 0.29) is 24.2 Å². The van der Waals surface area contributed by atoms with E-state index in [1.807, 2.05) is 42.5 Å². The van der Waals surface area contributed by atoms with Crippen LogP contribution in [0.15, 0.2) is 66.7 Å². The van der Waals surface area contributed by atoms with Crippen molar-refractivity contribution in [2.45, 2.75) is 20.0 Å². The molecule has 0 atom stereocenters. The van der Waals surface area contributed by atoms with Crippen molar-refractivity contribution in [3.63, 3.8) is 0 Å². The summed E-state index contributed by atoms with van der Waals surface area (Å²) in [5, 5.41) is 3.35. The van der Waals surface area contributed by atoms with Gasteiger partial charge in [0.1, 0.15) is 23.1 Å². The minimum Gasteiger partial charge on any atom is -0.489 e. The molecule has 1 aliphatic heterocycles. The first-order chi connectivity index (χ1) is 16.0. The SMILES string of the molecule is CC(=O)N1CCc2cc(NC(=O)c3sc4cccc(F)c4c3COc3ccccc3)ccc21. The second kappa shape index (κ2) is 8.67. The van der Waals surface area contributed by atoms with Gasteiger partial charge in [0.15, 0.2) is 0 Å². The Labute approximate surface area is 194 Å². The quantitative estimate of drug-likeness (QED) is 0.411. The van der Waals surface area contributed by atoms with Crippen molar-refractivity contribution in [2.75, 3.05) is 16.8 Å². The highest BCUT2D eigenvalue weighted by Gasteiger charge is 2.24. The lowest BCUT2D eigenvalue weighted by molar-refractivity contribution is -0.116. The van der Waals surface area contributed by atoms with Gasteiger partial charge in [0.2, 0.25) is 5.91 Å². The average molecular weight is 461 g/mol. The highest BCUT2D eigenvalue weighted by molar-refractivity contribution is 7.21. The molecule has 0 aliphatic carbocycles. The van der Waals surface area contributed by atoms with E-state index in [9.17, 15) is 14.0 Å². The monoisotopic (exact) mass is 460 g/mol. The van der Waals surface area contributed by atoms with E-state index in [2.05, 4.69) is 5.32 Å². The number of thiophene rings is 1. The molecule has 166 valence electrons. The van der Waals surface area contributed by atoms with Gasteiger partial charge < -0.3 is 15.0 Å². The van der Waals surface area contributed by atoms with Gasteiger partial charge in [0.25, 0.3) is 5.91 Å². The summed E-state index contributed by atoms with van der Waals surface area (Å²) in [5.41, 5.74) is 3.05. The smallest absolute Gasteiger partial charge is 0.266 e. The van der Waals surface area contributed by atoms with Crippen LogP contribution >= 0.6 is 11.3 Å². The summed E-state index contributed by atoms with van der Waals surface area (Å²) in [7, 11) is 0. The Balaban J connectivity index is 1.45. The Kier molecular flexibility index (Phi) is 5.56. The van der Waals surface area contributed by atoms with E-state index >= 15 is 0 Å². The van der Waals surface area contributed by atoms with E-state index in [0.29, 0.717) is 38.5 Å². The van der Waals surface area contributed by atoms with Gasteiger partial charge in [-0.25, -0.2) is 4.39 Å². The summed E-state index contributed by atoms with van der Waals surface area (Å²) in [4.78, 5) is 27.2. The number of nitrogens with one attached hydrogen (secondary N) is 1. The van der Waals surface area contributed by atoms with Crippen LogP contribution in [0.5, 0.6) is 5.75 Å². The molecule has 0 bridgehead atoms. The molecule has 5 nitrogen and oxygen atoms in total. The standard InChI is InChI=1S/C26H21FN2O3S/c1-16(30)29-13-12-17-14-18(10-11-22(17)29)28-26(31)25-20(15-32-19-6-3-2-4-7-19)24-21(27)8-5-9-23(24)33-25/h2-11,14H,12-13,15H2,1H3,(H,28,31). The van der Waals surface area contributed by atoms with Gasteiger partial charge in [0, 0.05) is 40.5 Å². The second-order valence-electron chi connectivity index (χ2n) is 7.84. The van der Waals surface area contributed by atoms with Gasteiger partial charge in [0.05, 0.1) is 0 Å². The van der Waals surface area contributed by atoms with Gasteiger partial charge in [-0.1, -0.05) is 24.3 Å². The highest BCUT2D eigenvalue weighted by Crippen LogP contribution is 2.35. The number of carbonyl (C=O) groups excluding carboxylic acids is 2. The molecule has 1 aliphatic rings. The Morgan fingerprint density at radius 3 is 2.70 bits per heavy atom. The summed E-state index contributed by atoms with van der Waals surface area (Å²) in [6, 6.07) is 19.6. The number of ether oxygens (including phenoxy) is 1. The Hall–Kier alpha value is -3.71. The summed E-state index contributed by atoms with van der Waals surface area (Å²) < 4.78 is 21.3. The zero-order valence-electron chi connectivity index (χ0n) is 17.9. The molecule has 2 amide bonds. The topological polar surface area (TPSA) is 58.6 Å². The first kappa shape index (κ1) is 21.2. The molecule has 0 radical (unpaired) electrons.